The summed E-state index contributed by atoms with van der Waals surface area (Å²) in [7, 11) is 0. The minimum Gasteiger partial charge on any atom is -0.488 e. The van der Waals surface area contributed by atoms with Gasteiger partial charge in [-0.05, 0) is 61.1 Å². The summed E-state index contributed by atoms with van der Waals surface area (Å²) in [6.45, 7) is -0.0593. The molecule has 0 aliphatic carbocycles. The van der Waals surface area contributed by atoms with E-state index in [1.54, 1.807) is 24.3 Å². The largest absolute Gasteiger partial charge is 0.488 e. The van der Waals surface area contributed by atoms with Crippen molar-refractivity contribution in [3.63, 3.8) is 0 Å². The molecule has 0 amide bonds. The summed E-state index contributed by atoms with van der Waals surface area (Å²) in [6, 6.07) is 23.6. The lowest BCUT2D eigenvalue weighted by Gasteiger charge is -2.18. The zero-order valence-electron chi connectivity index (χ0n) is 22.0. The van der Waals surface area contributed by atoms with Crippen molar-refractivity contribution in [2.75, 3.05) is 6.61 Å². The molecule has 0 unspecified atom stereocenters. The van der Waals surface area contributed by atoms with Crippen molar-refractivity contribution >= 4 is 56.9 Å². The van der Waals surface area contributed by atoms with Gasteiger partial charge in [-0.2, -0.15) is 0 Å². The maximum Gasteiger partial charge on any atom is 0.323 e. The Labute approximate surface area is 260 Å². The summed E-state index contributed by atoms with van der Waals surface area (Å²) in [5.74, 6) is -0.330. The third-order valence-electron chi connectivity index (χ3n) is 6.39. The normalized spacial score (nSPS) is 11.6. The summed E-state index contributed by atoms with van der Waals surface area (Å²) in [4.78, 5) is 11.4. The van der Waals surface area contributed by atoms with Crippen LogP contribution in [0.1, 0.15) is 16.7 Å². The molecule has 0 bridgehead atoms. The van der Waals surface area contributed by atoms with Gasteiger partial charge < -0.3 is 19.7 Å². The highest BCUT2D eigenvalue weighted by molar-refractivity contribution is 9.10. The van der Waals surface area contributed by atoms with Crippen LogP contribution in [-0.2, 0) is 24.6 Å². The first-order valence-corrected chi connectivity index (χ1v) is 13.8. The number of benzene rings is 4. The minimum absolute atomic E-state index is 0. The number of aliphatic carboxylic acids is 1. The molecule has 0 radical (unpaired) electrons. The molecule has 1 atom stereocenters. The number of carbonyl (C=O) groups is 1. The molecule has 0 spiro atoms. The molecule has 0 saturated heterocycles. The molecule has 1 heterocycles. The zero-order chi connectivity index (χ0) is 28.8. The fourth-order valence-corrected chi connectivity index (χ4v) is 5.04. The standard InChI is InChI=1S/C30H25BrClN3O6.ClH/c31-29-20(7-4-8-22(29)19-5-2-1-3-6-19)17-40-28-13-27(21(12-23(28)32)14-33-26(15-36)30(37)38)39-16-18-9-10-24-25(11-18)35-41-34-24;/h1-13,26,33,36H,14-17H2,(H,37,38);1H/t26-;/m1./s1. The molecule has 0 aliphatic rings. The van der Waals surface area contributed by atoms with Gasteiger partial charge in [0.25, 0.3) is 0 Å². The van der Waals surface area contributed by atoms with Crippen molar-refractivity contribution in [3.8, 4) is 22.6 Å². The number of nitrogens with one attached hydrogen (secondary N) is 1. The third-order valence-corrected chi connectivity index (χ3v) is 7.63. The Morgan fingerprint density at radius 1 is 0.929 bits per heavy atom. The van der Waals surface area contributed by atoms with Gasteiger partial charge in [-0.3, -0.25) is 10.1 Å². The average molecular weight is 675 g/mol. The van der Waals surface area contributed by atoms with Crippen molar-refractivity contribution in [1.29, 1.82) is 0 Å². The lowest BCUT2D eigenvalue weighted by Crippen LogP contribution is -2.39. The van der Waals surface area contributed by atoms with Gasteiger partial charge in [-0.15, -0.1) is 12.4 Å². The van der Waals surface area contributed by atoms with Crippen LogP contribution in [0.5, 0.6) is 11.5 Å². The summed E-state index contributed by atoms with van der Waals surface area (Å²) in [6.07, 6.45) is 0. The number of hydrogen-bond donors (Lipinski definition) is 3. The van der Waals surface area contributed by atoms with E-state index in [9.17, 15) is 15.0 Å². The first-order chi connectivity index (χ1) is 19.9. The lowest BCUT2D eigenvalue weighted by atomic mass is 10.0. The van der Waals surface area contributed by atoms with Gasteiger partial charge in [0.15, 0.2) is 0 Å². The molecule has 1 aromatic heterocycles. The van der Waals surface area contributed by atoms with E-state index >= 15 is 0 Å². The van der Waals surface area contributed by atoms with E-state index in [2.05, 4.69) is 31.6 Å². The number of carboxylic acids is 1. The predicted molar refractivity (Wildman–Crippen MR) is 164 cm³/mol. The van der Waals surface area contributed by atoms with Gasteiger partial charge in [-0.1, -0.05) is 66.2 Å². The first kappa shape index (κ1) is 31.3. The maximum absolute atomic E-state index is 11.4. The fraction of sp³-hybridized carbons (Fsp3) is 0.167. The number of hydrogen-bond acceptors (Lipinski definition) is 8. The molecule has 0 aliphatic heterocycles. The Hall–Kier alpha value is -3.67. The number of halogens is 3. The van der Waals surface area contributed by atoms with Crippen molar-refractivity contribution < 1.29 is 29.1 Å². The van der Waals surface area contributed by atoms with Gasteiger partial charge in [0.1, 0.15) is 41.8 Å². The molecule has 4 aromatic carbocycles. The average Bonchev–Trinajstić information content (AvgIpc) is 3.45. The summed E-state index contributed by atoms with van der Waals surface area (Å²) in [5.41, 5.74) is 5.70. The topological polar surface area (TPSA) is 127 Å². The number of nitrogens with zero attached hydrogens (tertiary/aromatic N) is 2. The van der Waals surface area contributed by atoms with Crippen molar-refractivity contribution in [1.82, 2.24) is 15.6 Å². The molecule has 42 heavy (non-hydrogen) atoms. The van der Waals surface area contributed by atoms with E-state index < -0.39 is 18.6 Å². The molecule has 3 N–H and O–H groups in total. The predicted octanol–water partition coefficient (Wildman–Crippen LogP) is 6.42. The minimum atomic E-state index is -1.17. The molecule has 5 aromatic rings. The Morgan fingerprint density at radius 3 is 2.45 bits per heavy atom. The van der Waals surface area contributed by atoms with Gasteiger partial charge >= 0.3 is 5.97 Å². The Morgan fingerprint density at radius 2 is 1.69 bits per heavy atom. The number of aromatic nitrogens is 2. The van der Waals surface area contributed by atoms with Crippen molar-refractivity contribution in [2.24, 2.45) is 0 Å². The van der Waals surface area contributed by atoms with Crippen LogP contribution in [0, 0.1) is 0 Å². The molecule has 5 rings (SSSR count). The van der Waals surface area contributed by atoms with E-state index in [4.69, 9.17) is 25.7 Å². The van der Waals surface area contributed by atoms with Crippen LogP contribution in [0.15, 0.2) is 88.0 Å². The van der Waals surface area contributed by atoms with Crippen LogP contribution in [0.3, 0.4) is 0 Å². The van der Waals surface area contributed by atoms with Crippen molar-refractivity contribution in [2.45, 2.75) is 25.8 Å². The molecule has 9 nitrogen and oxygen atoms in total. The van der Waals surface area contributed by atoms with E-state index in [1.807, 2.05) is 54.6 Å². The molecule has 12 heteroatoms. The highest BCUT2D eigenvalue weighted by atomic mass is 79.9. The highest BCUT2D eigenvalue weighted by Crippen LogP contribution is 2.36. The second-order valence-electron chi connectivity index (χ2n) is 9.15. The lowest BCUT2D eigenvalue weighted by molar-refractivity contribution is -0.140. The van der Waals surface area contributed by atoms with E-state index in [-0.39, 0.29) is 32.2 Å². The molecule has 218 valence electrons. The number of aliphatic hydroxyl groups excluding tert-OH is 1. The summed E-state index contributed by atoms with van der Waals surface area (Å²) in [5, 5.41) is 29.5. The number of aliphatic hydroxyl groups is 1. The maximum atomic E-state index is 11.4. The SMILES string of the molecule is Cl.O=C(O)[C@@H](CO)NCc1cc(Cl)c(OCc2cccc(-c3ccccc3)c2Br)cc1OCc1ccc2nonc2c1. The van der Waals surface area contributed by atoms with Gasteiger partial charge in [-0.25, -0.2) is 4.63 Å². The van der Waals surface area contributed by atoms with Crippen LogP contribution in [0.25, 0.3) is 22.2 Å². The monoisotopic (exact) mass is 673 g/mol. The van der Waals surface area contributed by atoms with Crippen LogP contribution >= 0.6 is 39.9 Å². The second-order valence-corrected chi connectivity index (χ2v) is 10.4. The molecular formula is C30H26BrCl2N3O6. The summed E-state index contributed by atoms with van der Waals surface area (Å²) < 4.78 is 18.0. The number of ether oxygens (including phenoxy) is 2. The van der Waals surface area contributed by atoms with Crippen LogP contribution in [-0.4, -0.2) is 39.1 Å². The molecular weight excluding hydrogens is 649 g/mol. The zero-order valence-corrected chi connectivity index (χ0v) is 25.2. The Balaban J connectivity index is 0.00000405. The number of rotatable bonds is 12. The number of fused-ring (bicyclic) bond motifs is 1. The second kappa shape index (κ2) is 14.5. The molecule has 0 fully saturated rings. The molecule has 0 saturated carbocycles. The number of carboxylic acid groups (broad SMARTS) is 1. The smallest absolute Gasteiger partial charge is 0.323 e. The van der Waals surface area contributed by atoms with Crippen LogP contribution in [0.2, 0.25) is 5.02 Å². The van der Waals surface area contributed by atoms with Crippen LogP contribution < -0.4 is 14.8 Å². The van der Waals surface area contributed by atoms with Gasteiger partial charge in [0, 0.05) is 28.2 Å². The Bertz CT molecular complexity index is 1670. The fourth-order valence-electron chi connectivity index (χ4n) is 4.19. The Kier molecular flexibility index (Phi) is 10.8. The summed E-state index contributed by atoms with van der Waals surface area (Å²) >= 11 is 10.3. The third kappa shape index (κ3) is 7.39. The van der Waals surface area contributed by atoms with Crippen molar-refractivity contribution in [3.05, 3.63) is 105 Å². The van der Waals surface area contributed by atoms with Gasteiger partial charge in [0.05, 0.1) is 11.6 Å². The van der Waals surface area contributed by atoms with Crippen LogP contribution in [0.4, 0.5) is 0 Å². The highest BCUT2D eigenvalue weighted by Gasteiger charge is 2.18. The van der Waals surface area contributed by atoms with E-state index in [0.717, 1.165) is 26.7 Å². The quantitative estimate of drug-likeness (QED) is 0.137. The first-order valence-electron chi connectivity index (χ1n) is 12.6. The van der Waals surface area contributed by atoms with Gasteiger partial charge in [0.2, 0.25) is 0 Å². The van der Waals surface area contributed by atoms with E-state index in [0.29, 0.717) is 33.1 Å². The van der Waals surface area contributed by atoms with E-state index in [1.165, 1.54) is 0 Å².